The normalized spacial score (nSPS) is 10.5. The maximum Gasteiger partial charge on any atom is 0.407 e. The van der Waals surface area contributed by atoms with Gasteiger partial charge in [0.2, 0.25) is 0 Å². The van der Waals surface area contributed by atoms with Gasteiger partial charge in [0.1, 0.15) is 5.75 Å². The summed E-state index contributed by atoms with van der Waals surface area (Å²) >= 11 is 5.97. The third kappa shape index (κ3) is 7.54. The molecule has 0 atom stereocenters. The van der Waals surface area contributed by atoms with Crippen molar-refractivity contribution < 1.29 is 24.2 Å². The third-order valence-electron chi connectivity index (χ3n) is 4.91. The molecule has 33 heavy (non-hydrogen) atoms. The molecule has 0 aliphatic rings. The minimum atomic E-state index is -0.877. The van der Waals surface area contributed by atoms with Crippen LogP contribution in [0.25, 0.3) is 11.1 Å². The first-order chi connectivity index (χ1) is 15.9. The largest absolute Gasteiger partial charge is 0.494 e. The summed E-state index contributed by atoms with van der Waals surface area (Å²) in [7, 11) is 0. The molecule has 3 aromatic rings. The van der Waals surface area contributed by atoms with Gasteiger partial charge in [-0.1, -0.05) is 54.1 Å². The zero-order valence-electron chi connectivity index (χ0n) is 18.3. The molecule has 0 aromatic heterocycles. The Morgan fingerprint density at radius 1 is 0.970 bits per heavy atom. The molecular formula is C26H26ClNO5. The molecular weight excluding hydrogens is 442 g/mol. The van der Waals surface area contributed by atoms with Crippen LogP contribution in [0.2, 0.25) is 5.02 Å². The lowest BCUT2D eigenvalue weighted by Gasteiger charge is -2.14. The van der Waals surface area contributed by atoms with Gasteiger partial charge >= 0.3 is 12.1 Å². The molecule has 0 heterocycles. The van der Waals surface area contributed by atoms with E-state index in [0.717, 1.165) is 27.8 Å². The van der Waals surface area contributed by atoms with E-state index in [4.69, 9.17) is 26.2 Å². The van der Waals surface area contributed by atoms with Crippen molar-refractivity contribution in [3.05, 3.63) is 88.4 Å². The summed E-state index contributed by atoms with van der Waals surface area (Å²) in [6, 6.07) is 20.5. The Kier molecular flexibility index (Phi) is 8.72. The smallest absolute Gasteiger partial charge is 0.407 e. The molecule has 7 heteroatoms. The maximum absolute atomic E-state index is 12.2. The highest BCUT2D eigenvalue weighted by atomic mass is 35.5. The number of halogens is 1. The molecule has 0 fully saturated rings. The first-order valence-electron chi connectivity index (χ1n) is 10.7. The Bertz CT molecular complexity index is 1120. The monoisotopic (exact) mass is 467 g/mol. The molecule has 3 aromatic carbocycles. The van der Waals surface area contributed by atoms with Gasteiger partial charge in [0, 0.05) is 23.6 Å². The van der Waals surface area contributed by atoms with Crippen LogP contribution in [0.5, 0.6) is 5.75 Å². The van der Waals surface area contributed by atoms with Crippen LogP contribution >= 0.6 is 11.6 Å². The maximum atomic E-state index is 12.2. The Balaban J connectivity index is 1.64. The second-order valence-electron chi connectivity index (χ2n) is 7.40. The van der Waals surface area contributed by atoms with E-state index in [1.807, 2.05) is 61.5 Å². The number of rotatable bonds is 10. The number of benzene rings is 3. The predicted molar refractivity (Wildman–Crippen MR) is 128 cm³/mol. The number of carboxylic acids is 1. The molecule has 172 valence electrons. The SMILES string of the molecule is CCOc1ccc(-c2cccc(CC(=O)O)c2)cc1CNC(=O)OCCc1cccc(Cl)c1. The highest BCUT2D eigenvalue weighted by Gasteiger charge is 2.10. The van der Waals surface area contributed by atoms with E-state index >= 15 is 0 Å². The number of aliphatic carboxylic acids is 1. The number of alkyl carbamates (subject to hydrolysis) is 1. The highest BCUT2D eigenvalue weighted by Crippen LogP contribution is 2.28. The molecule has 0 aliphatic carbocycles. The van der Waals surface area contributed by atoms with Crippen LogP contribution in [0.4, 0.5) is 4.79 Å². The second kappa shape index (κ2) is 11.9. The molecule has 0 unspecified atom stereocenters. The standard InChI is InChI=1S/C26H26ClNO5/c1-2-32-24-10-9-21(20-7-3-6-19(13-20)15-25(29)30)16-22(24)17-28-26(31)33-12-11-18-5-4-8-23(27)14-18/h3-10,13-14,16H,2,11-12,15,17H2,1H3,(H,28,31)(H,29,30). The molecule has 3 rings (SSSR count). The number of amides is 1. The van der Waals surface area contributed by atoms with Crippen molar-refractivity contribution in [2.75, 3.05) is 13.2 Å². The fourth-order valence-corrected chi connectivity index (χ4v) is 3.61. The third-order valence-corrected chi connectivity index (χ3v) is 5.15. The Hall–Kier alpha value is -3.51. The zero-order valence-corrected chi connectivity index (χ0v) is 19.1. The molecule has 0 saturated carbocycles. The van der Waals surface area contributed by atoms with Gasteiger partial charge in [-0.25, -0.2) is 4.79 Å². The fraction of sp³-hybridized carbons (Fsp3) is 0.231. The van der Waals surface area contributed by atoms with Gasteiger partial charge in [0.25, 0.3) is 0 Å². The molecule has 0 spiro atoms. The van der Waals surface area contributed by atoms with Gasteiger partial charge in [-0.05, 0) is 53.4 Å². The van der Waals surface area contributed by atoms with Crippen LogP contribution in [-0.4, -0.2) is 30.4 Å². The van der Waals surface area contributed by atoms with Crippen molar-refractivity contribution in [1.82, 2.24) is 5.32 Å². The van der Waals surface area contributed by atoms with Gasteiger partial charge in [-0.2, -0.15) is 0 Å². The quantitative estimate of drug-likeness (QED) is 0.411. The number of carboxylic acid groups (broad SMARTS) is 1. The number of carbonyl (C=O) groups is 2. The van der Waals surface area contributed by atoms with Crippen molar-refractivity contribution >= 4 is 23.7 Å². The lowest BCUT2D eigenvalue weighted by molar-refractivity contribution is -0.136. The van der Waals surface area contributed by atoms with Gasteiger partial charge in [0.05, 0.1) is 19.6 Å². The lowest BCUT2D eigenvalue weighted by Crippen LogP contribution is -2.25. The Labute approximate surface area is 198 Å². The van der Waals surface area contributed by atoms with Crippen molar-refractivity contribution in [2.24, 2.45) is 0 Å². The summed E-state index contributed by atoms with van der Waals surface area (Å²) < 4.78 is 11.0. The summed E-state index contributed by atoms with van der Waals surface area (Å²) in [5.41, 5.74) is 4.30. The number of hydrogen-bond donors (Lipinski definition) is 2. The van der Waals surface area contributed by atoms with E-state index in [1.54, 1.807) is 12.1 Å². The van der Waals surface area contributed by atoms with Crippen LogP contribution in [0.15, 0.2) is 66.7 Å². The van der Waals surface area contributed by atoms with Crippen molar-refractivity contribution in [3.63, 3.8) is 0 Å². The van der Waals surface area contributed by atoms with Crippen LogP contribution in [0.3, 0.4) is 0 Å². The minimum absolute atomic E-state index is 0.0414. The summed E-state index contributed by atoms with van der Waals surface area (Å²) in [4.78, 5) is 23.2. The van der Waals surface area contributed by atoms with E-state index in [2.05, 4.69) is 5.32 Å². The highest BCUT2D eigenvalue weighted by molar-refractivity contribution is 6.30. The van der Waals surface area contributed by atoms with Crippen molar-refractivity contribution in [3.8, 4) is 16.9 Å². The Morgan fingerprint density at radius 2 is 1.73 bits per heavy atom. The van der Waals surface area contributed by atoms with Gasteiger partial charge in [0.15, 0.2) is 0 Å². The van der Waals surface area contributed by atoms with Gasteiger partial charge < -0.3 is 19.9 Å². The van der Waals surface area contributed by atoms with Crippen molar-refractivity contribution in [1.29, 1.82) is 0 Å². The second-order valence-corrected chi connectivity index (χ2v) is 7.83. The van der Waals surface area contributed by atoms with Gasteiger partial charge in [-0.3, -0.25) is 4.79 Å². The minimum Gasteiger partial charge on any atom is -0.494 e. The van der Waals surface area contributed by atoms with E-state index in [0.29, 0.717) is 23.8 Å². The van der Waals surface area contributed by atoms with E-state index in [-0.39, 0.29) is 19.6 Å². The molecule has 0 aliphatic heterocycles. The van der Waals surface area contributed by atoms with Crippen LogP contribution in [0, 0.1) is 0 Å². The summed E-state index contributed by atoms with van der Waals surface area (Å²) in [5.74, 6) is -0.209. The van der Waals surface area contributed by atoms with E-state index in [9.17, 15) is 9.59 Å². The molecule has 6 nitrogen and oxygen atoms in total. The Morgan fingerprint density at radius 3 is 2.48 bits per heavy atom. The van der Waals surface area contributed by atoms with Crippen LogP contribution < -0.4 is 10.1 Å². The van der Waals surface area contributed by atoms with Crippen LogP contribution in [0.1, 0.15) is 23.6 Å². The topological polar surface area (TPSA) is 84.9 Å². The van der Waals surface area contributed by atoms with Crippen molar-refractivity contribution in [2.45, 2.75) is 26.3 Å². The first-order valence-corrected chi connectivity index (χ1v) is 11.0. The predicted octanol–water partition coefficient (Wildman–Crippen LogP) is 5.50. The molecule has 2 N–H and O–H groups in total. The average Bonchev–Trinajstić information content (AvgIpc) is 2.78. The van der Waals surface area contributed by atoms with Gasteiger partial charge in [-0.15, -0.1) is 0 Å². The summed E-state index contributed by atoms with van der Waals surface area (Å²) in [6.07, 6.45) is 0.00837. The van der Waals surface area contributed by atoms with E-state index < -0.39 is 12.1 Å². The summed E-state index contributed by atoms with van der Waals surface area (Å²) in [6.45, 7) is 2.85. The lowest BCUT2D eigenvalue weighted by atomic mass is 9.99. The fourth-order valence-electron chi connectivity index (χ4n) is 3.40. The molecule has 0 bridgehead atoms. The first kappa shape index (κ1) is 24.1. The van der Waals surface area contributed by atoms with Crippen LogP contribution in [-0.2, 0) is 28.9 Å². The van der Waals surface area contributed by atoms with E-state index in [1.165, 1.54) is 0 Å². The molecule has 0 radical (unpaired) electrons. The zero-order chi connectivity index (χ0) is 23.6. The molecule has 1 amide bonds. The average molecular weight is 468 g/mol. The number of carbonyl (C=O) groups excluding carboxylic acids is 1. The summed E-state index contributed by atoms with van der Waals surface area (Å²) in [5, 5.41) is 12.5. The number of ether oxygens (including phenoxy) is 2. The number of hydrogen-bond acceptors (Lipinski definition) is 4. The molecule has 0 saturated heterocycles. The number of nitrogens with one attached hydrogen (secondary N) is 1.